The summed E-state index contributed by atoms with van der Waals surface area (Å²) in [4.78, 5) is 16.0. The van der Waals surface area contributed by atoms with Crippen molar-refractivity contribution in [3.05, 3.63) is 53.7 Å². The van der Waals surface area contributed by atoms with Crippen LogP contribution in [-0.2, 0) is 11.2 Å². The number of aromatic hydroxyl groups is 1. The van der Waals surface area contributed by atoms with E-state index in [2.05, 4.69) is 10.3 Å². The topological polar surface area (TPSA) is 88.2 Å². The smallest absolute Gasteiger partial charge is 0.242 e. The lowest BCUT2D eigenvalue weighted by Gasteiger charge is -2.12. The first-order valence-corrected chi connectivity index (χ1v) is 6.31. The first-order chi connectivity index (χ1) is 9.54. The van der Waals surface area contributed by atoms with Crippen LogP contribution in [0, 0.1) is 6.92 Å². The van der Waals surface area contributed by atoms with Gasteiger partial charge in [-0.05, 0) is 48.7 Å². The highest BCUT2D eigenvalue weighted by atomic mass is 16.3. The lowest BCUT2D eigenvalue weighted by molar-refractivity contribution is -0.117. The second-order valence-corrected chi connectivity index (χ2v) is 4.68. The number of nitrogens with one attached hydrogen (secondary N) is 1. The van der Waals surface area contributed by atoms with Gasteiger partial charge in [0.2, 0.25) is 5.91 Å². The van der Waals surface area contributed by atoms with Crippen LogP contribution in [0.25, 0.3) is 0 Å². The number of hydrogen-bond donors (Lipinski definition) is 3. The highest BCUT2D eigenvalue weighted by Crippen LogP contribution is 2.12. The monoisotopic (exact) mass is 271 g/mol. The molecule has 0 aliphatic carbocycles. The van der Waals surface area contributed by atoms with Crippen LogP contribution in [0.5, 0.6) is 5.75 Å². The van der Waals surface area contributed by atoms with Gasteiger partial charge in [0, 0.05) is 6.20 Å². The van der Waals surface area contributed by atoms with Crippen molar-refractivity contribution in [3.8, 4) is 5.75 Å². The van der Waals surface area contributed by atoms with Crippen molar-refractivity contribution in [2.45, 2.75) is 19.4 Å². The predicted octanol–water partition coefficient (Wildman–Crippen LogP) is 1.60. The first-order valence-electron chi connectivity index (χ1n) is 6.31. The largest absolute Gasteiger partial charge is 0.508 e. The van der Waals surface area contributed by atoms with Gasteiger partial charge in [-0.3, -0.25) is 4.79 Å². The molecule has 5 nitrogen and oxygen atoms in total. The number of pyridine rings is 1. The van der Waals surface area contributed by atoms with Crippen LogP contribution in [0.3, 0.4) is 0 Å². The fourth-order valence-electron chi connectivity index (χ4n) is 1.80. The van der Waals surface area contributed by atoms with Gasteiger partial charge in [-0.1, -0.05) is 12.1 Å². The maximum atomic E-state index is 12.0. The summed E-state index contributed by atoms with van der Waals surface area (Å²) in [7, 11) is 0. The Hall–Kier alpha value is -2.40. The average molecular weight is 271 g/mol. The molecule has 0 saturated carbocycles. The van der Waals surface area contributed by atoms with Crippen LogP contribution in [-0.4, -0.2) is 22.0 Å². The molecule has 4 N–H and O–H groups in total. The highest BCUT2D eigenvalue weighted by Gasteiger charge is 2.14. The van der Waals surface area contributed by atoms with Gasteiger partial charge in [-0.15, -0.1) is 0 Å². The summed E-state index contributed by atoms with van der Waals surface area (Å²) in [6, 6.07) is 9.60. The van der Waals surface area contributed by atoms with E-state index in [1.807, 2.05) is 13.0 Å². The minimum atomic E-state index is -0.665. The second kappa shape index (κ2) is 6.16. The quantitative estimate of drug-likeness (QED) is 0.788. The summed E-state index contributed by atoms with van der Waals surface area (Å²) in [5.74, 6) is 0.406. The molecule has 1 aromatic heterocycles. The maximum Gasteiger partial charge on any atom is 0.242 e. The lowest BCUT2D eigenvalue weighted by atomic mass is 10.1. The Balaban J connectivity index is 1.96. The Morgan fingerprint density at radius 2 is 2.05 bits per heavy atom. The van der Waals surface area contributed by atoms with E-state index >= 15 is 0 Å². The molecule has 1 amide bonds. The molecule has 0 aliphatic heterocycles. The van der Waals surface area contributed by atoms with Crippen molar-refractivity contribution in [3.63, 3.8) is 0 Å². The molecule has 1 heterocycles. The Kier molecular flexibility index (Phi) is 4.32. The molecule has 20 heavy (non-hydrogen) atoms. The molecule has 0 aliphatic rings. The van der Waals surface area contributed by atoms with E-state index in [0.717, 1.165) is 11.1 Å². The fraction of sp³-hybridized carbons (Fsp3) is 0.200. The van der Waals surface area contributed by atoms with Crippen LogP contribution >= 0.6 is 0 Å². The van der Waals surface area contributed by atoms with Gasteiger partial charge in [-0.2, -0.15) is 0 Å². The van der Waals surface area contributed by atoms with E-state index < -0.39 is 6.04 Å². The Bertz CT molecular complexity index is 596. The number of aryl methyl sites for hydroxylation is 1. The minimum absolute atomic E-state index is 0.190. The van der Waals surface area contributed by atoms with Crippen molar-refractivity contribution in [2.75, 3.05) is 5.32 Å². The molecular weight excluding hydrogens is 254 g/mol. The number of benzene rings is 1. The van der Waals surface area contributed by atoms with Crippen molar-refractivity contribution in [1.82, 2.24) is 4.98 Å². The molecule has 0 saturated heterocycles. The number of aromatic nitrogens is 1. The zero-order chi connectivity index (χ0) is 14.5. The number of phenolic OH excluding ortho intramolecular Hbond substituents is 1. The standard InChI is InChI=1S/C15H17N3O2/c1-10-6-7-17-14(8-10)18-15(20)13(16)9-11-2-4-12(19)5-3-11/h2-8,13,19H,9,16H2,1H3,(H,17,18,20). The molecule has 0 fully saturated rings. The van der Waals surface area contributed by atoms with Crippen LogP contribution in [0.4, 0.5) is 5.82 Å². The van der Waals surface area contributed by atoms with Crippen molar-refractivity contribution >= 4 is 11.7 Å². The number of anilines is 1. The average Bonchev–Trinajstić information content (AvgIpc) is 2.41. The Morgan fingerprint density at radius 3 is 2.70 bits per heavy atom. The van der Waals surface area contributed by atoms with Crippen LogP contribution in [0.1, 0.15) is 11.1 Å². The molecule has 5 heteroatoms. The number of nitrogens with zero attached hydrogens (tertiary/aromatic N) is 1. The SMILES string of the molecule is Cc1ccnc(NC(=O)C(N)Cc2ccc(O)cc2)c1. The number of amides is 1. The summed E-state index contributed by atoms with van der Waals surface area (Å²) in [5, 5.41) is 11.9. The molecule has 1 atom stereocenters. The third-order valence-corrected chi connectivity index (χ3v) is 2.90. The van der Waals surface area contributed by atoms with Crippen molar-refractivity contribution in [1.29, 1.82) is 0 Å². The van der Waals surface area contributed by atoms with Gasteiger partial charge in [0.15, 0.2) is 0 Å². The third kappa shape index (κ3) is 3.80. The molecule has 0 radical (unpaired) electrons. The normalized spacial score (nSPS) is 11.9. The van der Waals surface area contributed by atoms with Gasteiger partial charge in [-0.25, -0.2) is 4.98 Å². The minimum Gasteiger partial charge on any atom is -0.508 e. The number of carbonyl (C=O) groups is 1. The van der Waals surface area contributed by atoms with E-state index in [4.69, 9.17) is 5.73 Å². The fourth-order valence-corrected chi connectivity index (χ4v) is 1.80. The van der Waals surface area contributed by atoms with E-state index in [9.17, 15) is 9.90 Å². The van der Waals surface area contributed by atoms with E-state index in [1.165, 1.54) is 0 Å². The van der Waals surface area contributed by atoms with Gasteiger partial charge >= 0.3 is 0 Å². The third-order valence-electron chi connectivity index (χ3n) is 2.90. The summed E-state index contributed by atoms with van der Waals surface area (Å²) in [6.07, 6.45) is 2.04. The molecular formula is C15H17N3O2. The predicted molar refractivity (Wildman–Crippen MR) is 77.4 cm³/mol. The number of phenols is 1. The van der Waals surface area contributed by atoms with Crippen molar-refractivity contribution < 1.29 is 9.90 Å². The van der Waals surface area contributed by atoms with Crippen LogP contribution in [0.2, 0.25) is 0 Å². The maximum absolute atomic E-state index is 12.0. The molecule has 104 valence electrons. The molecule has 2 aromatic rings. The molecule has 0 spiro atoms. The number of carbonyl (C=O) groups excluding carboxylic acids is 1. The molecule has 1 aromatic carbocycles. The summed E-state index contributed by atoms with van der Waals surface area (Å²) in [5.41, 5.74) is 7.78. The number of rotatable bonds is 4. The van der Waals surface area contributed by atoms with Gasteiger partial charge in [0.25, 0.3) is 0 Å². The second-order valence-electron chi connectivity index (χ2n) is 4.68. The van der Waals surface area contributed by atoms with E-state index in [0.29, 0.717) is 12.2 Å². The molecule has 1 unspecified atom stereocenters. The van der Waals surface area contributed by atoms with E-state index in [-0.39, 0.29) is 11.7 Å². The van der Waals surface area contributed by atoms with Crippen LogP contribution < -0.4 is 11.1 Å². The number of nitrogens with two attached hydrogens (primary N) is 1. The number of hydrogen-bond acceptors (Lipinski definition) is 4. The Labute approximate surface area is 117 Å². The summed E-state index contributed by atoms with van der Waals surface area (Å²) >= 11 is 0. The van der Waals surface area contributed by atoms with Crippen molar-refractivity contribution in [2.24, 2.45) is 5.73 Å². The van der Waals surface area contributed by atoms with Gasteiger partial charge < -0.3 is 16.2 Å². The molecule has 0 bridgehead atoms. The van der Waals surface area contributed by atoms with E-state index in [1.54, 1.807) is 36.5 Å². The van der Waals surface area contributed by atoms with Gasteiger partial charge in [0.05, 0.1) is 6.04 Å². The van der Waals surface area contributed by atoms with Gasteiger partial charge in [0.1, 0.15) is 11.6 Å². The molecule has 2 rings (SSSR count). The first kappa shape index (κ1) is 14.0. The lowest BCUT2D eigenvalue weighted by Crippen LogP contribution is -2.37. The summed E-state index contributed by atoms with van der Waals surface area (Å²) < 4.78 is 0. The summed E-state index contributed by atoms with van der Waals surface area (Å²) in [6.45, 7) is 1.92. The Morgan fingerprint density at radius 1 is 1.35 bits per heavy atom. The van der Waals surface area contributed by atoms with Crippen LogP contribution in [0.15, 0.2) is 42.6 Å². The zero-order valence-corrected chi connectivity index (χ0v) is 11.2. The zero-order valence-electron chi connectivity index (χ0n) is 11.2. The highest BCUT2D eigenvalue weighted by molar-refractivity contribution is 5.94.